The van der Waals surface area contributed by atoms with Crippen molar-refractivity contribution in [1.29, 1.82) is 0 Å². The molecule has 0 saturated heterocycles. The molecule has 0 aliphatic rings. The summed E-state index contributed by atoms with van der Waals surface area (Å²) < 4.78 is 12.9. The molecule has 0 amide bonds. The summed E-state index contributed by atoms with van der Waals surface area (Å²) in [5.41, 5.74) is 0.748. The summed E-state index contributed by atoms with van der Waals surface area (Å²) in [6.07, 6.45) is 2.28. The lowest BCUT2D eigenvalue weighted by Gasteiger charge is -2.17. The van der Waals surface area contributed by atoms with E-state index >= 15 is 0 Å². The van der Waals surface area contributed by atoms with Crippen LogP contribution in [0.15, 0.2) is 24.3 Å². The highest BCUT2D eigenvalue weighted by molar-refractivity contribution is 5.34. The number of hydrogen-bond donors (Lipinski definition) is 0. The molecule has 0 aliphatic heterocycles. The van der Waals surface area contributed by atoms with E-state index in [1.54, 1.807) is 6.07 Å². The summed E-state index contributed by atoms with van der Waals surface area (Å²) in [5, 5.41) is 0. The molecule has 0 radical (unpaired) electrons. The Morgan fingerprint density at radius 3 is 2.47 bits per heavy atom. The molecule has 0 N–H and O–H groups in total. The van der Waals surface area contributed by atoms with Crippen molar-refractivity contribution in [3.8, 4) is 11.8 Å². The molecule has 17 heavy (non-hydrogen) atoms. The van der Waals surface area contributed by atoms with E-state index in [1.165, 1.54) is 12.1 Å². The van der Waals surface area contributed by atoms with Gasteiger partial charge in [0.2, 0.25) is 0 Å². The smallest absolute Gasteiger partial charge is 0.124 e. The first-order valence-corrected chi connectivity index (χ1v) is 6.23. The van der Waals surface area contributed by atoms with E-state index in [0.717, 1.165) is 38.0 Å². The van der Waals surface area contributed by atoms with Crippen molar-refractivity contribution in [3.05, 3.63) is 35.6 Å². The minimum absolute atomic E-state index is 0.226. The van der Waals surface area contributed by atoms with Crippen LogP contribution in [0, 0.1) is 17.7 Å². The van der Waals surface area contributed by atoms with Crippen molar-refractivity contribution in [1.82, 2.24) is 4.90 Å². The van der Waals surface area contributed by atoms with Crippen molar-refractivity contribution in [2.45, 2.75) is 26.7 Å². The molecule has 1 rings (SSSR count). The second kappa shape index (κ2) is 7.86. The number of nitrogens with zero attached hydrogens (tertiary/aromatic N) is 1. The Hall–Kier alpha value is -1.33. The lowest BCUT2D eigenvalue weighted by atomic mass is 10.2. The topological polar surface area (TPSA) is 3.24 Å². The van der Waals surface area contributed by atoms with Gasteiger partial charge in [0, 0.05) is 5.56 Å². The van der Waals surface area contributed by atoms with Crippen LogP contribution in [0.2, 0.25) is 0 Å². The number of halogens is 1. The van der Waals surface area contributed by atoms with E-state index in [9.17, 15) is 4.39 Å². The third-order valence-corrected chi connectivity index (χ3v) is 2.44. The van der Waals surface area contributed by atoms with E-state index in [2.05, 4.69) is 30.6 Å². The standard InChI is InChI=1S/C15H20FN/c1-3-10-17(11-4-2)12-6-8-14-7-5-9-15(16)13-14/h5,7,9,13H,3-4,10-12H2,1-2H3. The van der Waals surface area contributed by atoms with E-state index < -0.39 is 0 Å². The van der Waals surface area contributed by atoms with Crippen LogP contribution in [0.25, 0.3) is 0 Å². The van der Waals surface area contributed by atoms with Crippen LogP contribution in [-0.2, 0) is 0 Å². The van der Waals surface area contributed by atoms with Crippen LogP contribution in [0.5, 0.6) is 0 Å². The van der Waals surface area contributed by atoms with Crippen LogP contribution in [0.3, 0.4) is 0 Å². The van der Waals surface area contributed by atoms with Gasteiger partial charge in [-0.3, -0.25) is 4.90 Å². The molecular formula is C15H20FN. The Morgan fingerprint density at radius 2 is 1.88 bits per heavy atom. The maximum Gasteiger partial charge on any atom is 0.124 e. The van der Waals surface area contributed by atoms with Gasteiger partial charge in [-0.05, 0) is 44.1 Å². The molecule has 0 bridgehead atoms. The summed E-state index contributed by atoms with van der Waals surface area (Å²) in [6, 6.07) is 6.43. The minimum atomic E-state index is -0.226. The van der Waals surface area contributed by atoms with Gasteiger partial charge in [0.1, 0.15) is 5.82 Å². The normalized spacial score (nSPS) is 10.1. The second-order valence-corrected chi connectivity index (χ2v) is 4.09. The first-order chi connectivity index (χ1) is 8.26. The van der Waals surface area contributed by atoms with Crippen molar-refractivity contribution in [2.75, 3.05) is 19.6 Å². The molecule has 0 aromatic heterocycles. The van der Waals surface area contributed by atoms with E-state index in [4.69, 9.17) is 0 Å². The SMILES string of the molecule is CCCN(CC#Cc1cccc(F)c1)CCC. The van der Waals surface area contributed by atoms with Gasteiger partial charge in [-0.1, -0.05) is 31.8 Å². The van der Waals surface area contributed by atoms with Gasteiger partial charge in [0.25, 0.3) is 0 Å². The molecule has 0 fully saturated rings. The van der Waals surface area contributed by atoms with Crippen molar-refractivity contribution >= 4 is 0 Å². The van der Waals surface area contributed by atoms with Crippen LogP contribution in [-0.4, -0.2) is 24.5 Å². The quantitative estimate of drug-likeness (QED) is 0.705. The summed E-state index contributed by atoms with van der Waals surface area (Å²) in [7, 11) is 0. The summed E-state index contributed by atoms with van der Waals surface area (Å²) >= 11 is 0. The highest BCUT2D eigenvalue weighted by atomic mass is 19.1. The molecule has 1 nitrogen and oxygen atoms in total. The average Bonchev–Trinajstić information content (AvgIpc) is 2.30. The van der Waals surface area contributed by atoms with Crippen LogP contribution >= 0.6 is 0 Å². The Kier molecular flexibility index (Phi) is 6.35. The number of rotatable bonds is 5. The third-order valence-electron chi connectivity index (χ3n) is 2.44. The van der Waals surface area contributed by atoms with Gasteiger partial charge in [-0.25, -0.2) is 4.39 Å². The molecule has 0 unspecified atom stereocenters. The van der Waals surface area contributed by atoms with Crippen LogP contribution < -0.4 is 0 Å². The monoisotopic (exact) mass is 233 g/mol. The average molecular weight is 233 g/mol. The largest absolute Gasteiger partial charge is 0.292 e. The van der Waals surface area contributed by atoms with E-state index in [-0.39, 0.29) is 5.82 Å². The lowest BCUT2D eigenvalue weighted by Crippen LogP contribution is -2.25. The zero-order chi connectivity index (χ0) is 12.5. The molecule has 1 aromatic rings. The molecular weight excluding hydrogens is 213 g/mol. The highest BCUT2D eigenvalue weighted by Crippen LogP contribution is 2.01. The van der Waals surface area contributed by atoms with Crippen LogP contribution in [0.4, 0.5) is 4.39 Å². The zero-order valence-corrected chi connectivity index (χ0v) is 10.7. The molecule has 1 aromatic carbocycles. The second-order valence-electron chi connectivity index (χ2n) is 4.09. The molecule has 0 heterocycles. The van der Waals surface area contributed by atoms with Crippen molar-refractivity contribution in [2.24, 2.45) is 0 Å². The van der Waals surface area contributed by atoms with E-state index in [0.29, 0.717) is 0 Å². The predicted octanol–water partition coefficient (Wildman–Crippen LogP) is 3.30. The first-order valence-electron chi connectivity index (χ1n) is 6.23. The van der Waals surface area contributed by atoms with Gasteiger partial charge in [-0.15, -0.1) is 0 Å². The fraction of sp³-hybridized carbons (Fsp3) is 0.467. The fourth-order valence-electron chi connectivity index (χ4n) is 1.72. The van der Waals surface area contributed by atoms with Gasteiger partial charge >= 0.3 is 0 Å². The number of benzene rings is 1. The predicted molar refractivity (Wildman–Crippen MR) is 70.3 cm³/mol. The van der Waals surface area contributed by atoms with Gasteiger partial charge < -0.3 is 0 Å². The molecule has 0 aliphatic carbocycles. The van der Waals surface area contributed by atoms with Gasteiger partial charge in [0.05, 0.1) is 6.54 Å². The molecule has 92 valence electrons. The Labute approximate surface area is 104 Å². The Morgan fingerprint density at radius 1 is 1.18 bits per heavy atom. The number of hydrogen-bond acceptors (Lipinski definition) is 1. The Bertz CT molecular complexity index is 383. The third kappa shape index (κ3) is 5.51. The summed E-state index contributed by atoms with van der Waals surface area (Å²) in [6.45, 7) is 7.25. The maximum absolute atomic E-state index is 12.9. The molecule has 2 heteroatoms. The molecule has 0 atom stereocenters. The maximum atomic E-state index is 12.9. The lowest BCUT2D eigenvalue weighted by molar-refractivity contribution is 0.308. The molecule has 0 spiro atoms. The Balaban J connectivity index is 2.53. The van der Waals surface area contributed by atoms with Gasteiger partial charge in [-0.2, -0.15) is 0 Å². The van der Waals surface area contributed by atoms with Crippen molar-refractivity contribution < 1.29 is 4.39 Å². The molecule has 0 saturated carbocycles. The highest BCUT2D eigenvalue weighted by Gasteiger charge is 1.98. The van der Waals surface area contributed by atoms with Crippen LogP contribution in [0.1, 0.15) is 32.3 Å². The van der Waals surface area contributed by atoms with E-state index in [1.807, 2.05) is 6.07 Å². The zero-order valence-electron chi connectivity index (χ0n) is 10.7. The summed E-state index contributed by atoms with van der Waals surface area (Å²) in [5.74, 6) is 5.88. The minimum Gasteiger partial charge on any atom is -0.292 e. The van der Waals surface area contributed by atoms with Gasteiger partial charge in [0.15, 0.2) is 0 Å². The van der Waals surface area contributed by atoms with Crippen molar-refractivity contribution in [3.63, 3.8) is 0 Å². The fourth-order valence-corrected chi connectivity index (χ4v) is 1.72. The first kappa shape index (κ1) is 13.7. The summed E-state index contributed by atoms with van der Waals surface area (Å²) in [4.78, 5) is 2.33.